The summed E-state index contributed by atoms with van der Waals surface area (Å²) >= 11 is 0. The molecule has 0 aliphatic heterocycles. The van der Waals surface area contributed by atoms with Gasteiger partial charge < -0.3 is 0 Å². The van der Waals surface area contributed by atoms with Gasteiger partial charge in [0.1, 0.15) is 0 Å². The van der Waals surface area contributed by atoms with Crippen molar-refractivity contribution in [3.05, 3.63) is 35.4 Å². The molecular weight excluding hydrogens is 259 g/mol. The molecule has 0 radical (unpaired) electrons. The van der Waals surface area contributed by atoms with Crippen molar-refractivity contribution in [1.82, 2.24) is 0 Å². The maximum Gasteiger partial charge on any atom is 0.406 e. The molecule has 0 heterocycles. The van der Waals surface area contributed by atoms with Crippen LogP contribution in [0.4, 0.5) is 0 Å². The number of aryl methyl sites for hydroxylation is 1. The maximum absolute atomic E-state index is 12.5. The van der Waals surface area contributed by atoms with Crippen molar-refractivity contribution in [1.29, 1.82) is 0 Å². The summed E-state index contributed by atoms with van der Waals surface area (Å²) < 4.78 is 23.2. The molecule has 0 N–H and O–H groups in total. The van der Waals surface area contributed by atoms with E-state index in [9.17, 15) is 4.57 Å². The lowest BCUT2D eigenvalue weighted by molar-refractivity contribution is 0.151. The van der Waals surface area contributed by atoms with Crippen molar-refractivity contribution in [3.63, 3.8) is 0 Å². The highest BCUT2D eigenvalue weighted by Gasteiger charge is 2.25. The lowest BCUT2D eigenvalue weighted by atomic mass is 10.2. The van der Waals surface area contributed by atoms with Gasteiger partial charge in [0.05, 0.1) is 12.2 Å². The van der Waals surface area contributed by atoms with E-state index < -0.39 is 7.60 Å². The lowest BCUT2D eigenvalue weighted by Crippen LogP contribution is -2.06. The molecule has 0 saturated carbocycles. The topological polar surface area (TPSA) is 35.5 Å². The number of hydrogen-bond donors (Lipinski definition) is 0. The fourth-order valence-electron chi connectivity index (χ4n) is 1.40. The molecule has 0 aliphatic rings. The first-order valence-electron chi connectivity index (χ1n) is 6.37. The zero-order chi connectivity index (χ0) is 14.5. The van der Waals surface area contributed by atoms with Gasteiger partial charge >= 0.3 is 7.60 Å². The van der Waals surface area contributed by atoms with Gasteiger partial charge in [0, 0.05) is 11.2 Å². The molecule has 0 unspecified atom stereocenters. The SMILES string of the molecule is Cc1ccc(C#CP(=O)(OC(C)C)OC(C)C)cc1. The Labute approximate surface area is 115 Å². The van der Waals surface area contributed by atoms with Gasteiger partial charge in [-0.3, -0.25) is 9.05 Å². The maximum atomic E-state index is 12.5. The van der Waals surface area contributed by atoms with E-state index in [4.69, 9.17) is 9.05 Å². The molecule has 0 spiro atoms. The highest BCUT2D eigenvalue weighted by Crippen LogP contribution is 2.49. The van der Waals surface area contributed by atoms with E-state index in [-0.39, 0.29) is 12.2 Å². The average molecular weight is 280 g/mol. The Balaban J connectivity index is 2.95. The second kappa shape index (κ2) is 6.91. The Hall–Kier alpha value is -1.07. The van der Waals surface area contributed by atoms with Crippen molar-refractivity contribution >= 4 is 7.60 Å². The first kappa shape index (κ1) is 16.0. The third-order valence-electron chi connectivity index (χ3n) is 2.09. The van der Waals surface area contributed by atoms with Gasteiger partial charge in [-0.25, -0.2) is 4.57 Å². The minimum atomic E-state index is -3.37. The van der Waals surface area contributed by atoms with Gasteiger partial charge in [0.25, 0.3) is 0 Å². The van der Waals surface area contributed by atoms with E-state index in [1.807, 2.05) is 58.9 Å². The normalized spacial score (nSPS) is 11.5. The van der Waals surface area contributed by atoms with Crippen LogP contribution in [0, 0.1) is 18.5 Å². The van der Waals surface area contributed by atoms with Gasteiger partial charge in [0.2, 0.25) is 0 Å². The third-order valence-corrected chi connectivity index (χ3v) is 3.87. The van der Waals surface area contributed by atoms with Crippen LogP contribution in [0.2, 0.25) is 0 Å². The van der Waals surface area contributed by atoms with Crippen LogP contribution in [0.3, 0.4) is 0 Å². The van der Waals surface area contributed by atoms with Gasteiger partial charge in [-0.2, -0.15) is 0 Å². The van der Waals surface area contributed by atoms with Crippen LogP contribution in [0.15, 0.2) is 24.3 Å². The van der Waals surface area contributed by atoms with E-state index in [0.29, 0.717) is 0 Å². The Bertz CT molecular complexity index is 492. The van der Waals surface area contributed by atoms with E-state index in [1.54, 1.807) is 0 Å². The van der Waals surface area contributed by atoms with Crippen molar-refractivity contribution in [2.24, 2.45) is 0 Å². The van der Waals surface area contributed by atoms with Gasteiger partial charge in [0.15, 0.2) is 0 Å². The summed E-state index contributed by atoms with van der Waals surface area (Å²) in [6.07, 6.45) is -0.395. The Kier molecular flexibility index (Phi) is 5.82. The summed E-state index contributed by atoms with van der Waals surface area (Å²) in [5.41, 5.74) is 4.61. The summed E-state index contributed by atoms with van der Waals surface area (Å²) in [6, 6.07) is 7.69. The van der Waals surface area contributed by atoms with Gasteiger partial charge in [-0.15, -0.1) is 0 Å². The van der Waals surface area contributed by atoms with Crippen LogP contribution in [0.5, 0.6) is 0 Å². The molecule has 4 heteroatoms. The molecule has 1 rings (SSSR count). The Morgan fingerprint density at radius 2 is 1.47 bits per heavy atom. The second-order valence-corrected chi connectivity index (χ2v) is 6.55. The lowest BCUT2D eigenvalue weighted by Gasteiger charge is -2.17. The first-order valence-corrected chi connectivity index (χ1v) is 7.92. The monoisotopic (exact) mass is 280 g/mol. The standard InChI is InChI=1S/C15H21O3P/c1-12(2)17-19(16,18-13(3)4)11-10-15-8-6-14(5)7-9-15/h6-9,12-13H,1-5H3. The highest BCUT2D eigenvalue weighted by molar-refractivity contribution is 7.59. The number of benzene rings is 1. The van der Waals surface area contributed by atoms with Gasteiger partial charge in [-0.05, 0) is 46.8 Å². The molecule has 104 valence electrons. The molecule has 3 nitrogen and oxygen atoms in total. The van der Waals surface area contributed by atoms with Crippen LogP contribution < -0.4 is 0 Å². The molecule has 0 fully saturated rings. The third kappa shape index (κ3) is 6.07. The molecule has 0 amide bonds. The fourth-order valence-corrected chi connectivity index (χ4v) is 2.93. The summed E-state index contributed by atoms with van der Waals surface area (Å²) in [4.78, 5) is 0. The van der Waals surface area contributed by atoms with Crippen LogP contribution in [-0.4, -0.2) is 12.2 Å². The minimum absolute atomic E-state index is 0.197. The second-order valence-electron chi connectivity index (χ2n) is 4.91. The Morgan fingerprint density at radius 3 is 1.89 bits per heavy atom. The van der Waals surface area contributed by atoms with Crippen molar-refractivity contribution < 1.29 is 13.6 Å². The van der Waals surface area contributed by atoms with Crippen LogP contribution in [-0.2, 0) is 13.6 Å². The molecule has 19 heavy (non-hydrogen) atoms. The minimum Gasteiger partial charge on any atom is -0.297 e. The van der Waals surface area contributed by atoms with E-state index >= 15 is 0 Å². The Morgan fingerprint density at radius 1 is 1.00 bits per heavy atom. The van der Waals surface area contributed by atoms with Crippen LogP contribution in [0.25, 0.3) is 0 Å². The molecule has 0 saturated heterocycles. The van der Waals surface area contributed by atoms with Crippen molar-refractivity contribution in [3.8, 4) is 11.6 Å². The summed E-state index contributed by atoms with van der Waals surface area (Å²) in [7, 11) is -3.37. The predicted octanol–water partition coefficient (Wildman–Crippen LogP) is 4.35. The quantitative estimate of drug-likeness (QED) is 0.607. The molecule has 0 aliphatic carbocycles. The van der Waals surface area contributed by atoms with Crippen LogP contribution in [0.1, 0.15) is 38.8 Å². The van der Waals surface area contributed by atoms with E-state index in [1.165, 1.54) is 0 Å². The van der Waals surface area contributed by atoms with E-state index in [0.717, 1.165) is 11.1 Å². The number of hydrogen-bond acceptors (Lipinski definition) is 3. The average Bonchev–Trinajstić information content (AvgIpc) is 2.26. The molecule has 0 atom stereocenters. The van der Waals surface area contributed by atoms with Gasteiger partial charge in [-0.1, -0.05) is 23.6 Å². The van der Waals surface area contributed by atoms with Crippen molar-refractivity contribution in [2.45, 2.75) is 46.8 Å². The molecular formula is C15H21O3P. The smallest absolute Gasteiger partial charge is 0.297 e. The van der Waals surface area contributed by atoms with E-state index in [2.05, 4.69) is 11.6 Å². The van der Waals surface area contributed by atoms with Crippen molar-refractivity contribution in [2.75, 3.05) is 0 Å². The summed E-state index contributed by atoms with van der Waals surface area (Å²) in [6.45, 7) is 9.24. The predicted molar refractivity (Wildman–Crippen MR) is 78.1 cm³/mol. The zero-order valence-electron chi connectivity index (χ0n) is 12.1. The molecule has 1 aromatic carbocycles. The summed E-state index contributed by atoms with van der Waals surface area (Å²) in [5, 5.41) is 0. The first-order chi connectivity index (χ1) is 8.81. The molecule has 0 bridgehead atoms. The zero-order valence-corrected chi connectivity index (χ0v) is 13.0. The summed E-state index contributed by atoms with van der Waals surface area (Å²) in [5.74, 6) is 2.86. The molecule has 1 aromatic rings. The number of rotatable bonds is 4. The fraction of sp³-hybridized carbons (Fsp3) is 0.467. The van der Waals surface area contributed by atoms with Crippen LogP contribution >= 0.6 is 7.60 Å². The largest absolute Gasteiger partial charge is 0.406 e. The highest BCUT2D eigenvalue weighted by atomic mass is 31.2. The molecule has 0 aromatic heterocycles.